The summed E-state index contributed by atoms with van der Waals surface area (Å²) < 4.78 is 15.0. The van der Waals surface area contributed by atoms with Crippen molar-refractivity contribution in [3.8, 4) is 0 Å². The molecule has 0 aliphatic carbocycles. The lowest BCUT2D eigenvalue weighted by Gasteiger charge is -2.32. The summed E-state index contributed by atoms with van der Waals surface area (Å²) in [6.07, 6.45) is 0. The molecule has 8 heteroatoms. The van der Waals surface area contributed by atoms with E-state index in [2.05, 4.69) is 15.6 Å². The number of aryl methyl sites for hydroxylation is 1. The molecule has 1 aliphatic rings. The van der Waals surface area contributed by atoms with Crippen molar-refractivity contribution in [1.29, 1.82) is 0 Å². The average Bonchev–Trinajstić information content (AvgIpc) is 3.02. The zero-order valence-corrected chi connectivity index (χ0v) is 15.3. The SMILES string of the molecule is Cc1nnc2n1N[C@@H](c1ccc(Cl)cc1)[C@H](C(=O)c1ccc(F)cc1)S2. The first-order valence-corrected chi connectivity index (χ1v) is 9.19. The number of halogens is 2. The standard InChI is InChI=1S/C18H14ClFN4OS/c1-10-21-22-18-24(10)23-15(11-2-6-13(19)7-3-11)17(26-18)16(25)12-4-8-14(20)9-5-12/h2-9,15,17,23H,1H3/t15-,17+/m0/s1. The van der Waals surface area contributed by atoms with Crippen LogP contribution in [0.1, 0.15) is 27.8 Å². The zero-order chi connectivity index (χ0) is 18.3. The van der Waals surface area contributed by atoms with Crippen molar-refractivity contribution in [2.24, 2.45) is 0 Å². The molecule has 1 N–H and O–H groups in total. The highest BCUT2D eigenvalue weighted by Gasteiger charge is 2.37. The molecular weight excluding hydrogens is 375 g/mol. The van der Waals surface area contributed by atoms with E-state index in [1.807, 2.05) is 19.1 Å². The van der Waals surface area contributed by atoms with E-state index >= 15 is 0 Å². The molecule has 4 rings (SSSR count). The normalized spacial score (nSPS) is 18.9. The van der Waals surface area contributed by atoms with Gasteiger partial charge in [0.05, 0.1) is 6.04 Å². The highest BCUT2D eigenvalue weighted by molar-refractivity contribution is 8.00. The van der Waals surface area contributed by atoms with E-state index in [1.54, 1.807) is 16.8 Å². The number of thioether (sulfide) groups is 1. The fourth-order valence-electron chi connectivity index (χ4n) is 2.86. The topological polar surface area (TPSA) is 59.8 Å². The molecule has 0 unspecified atom stereocenters. The number of rotatable bonds is 3. The smallest absolute Gasteiger partial charge is 0.210 e. The van der Waals surface area contributed by atoms with Crippen molar-refractivity contribution < 1.29 is 9.18 Å². The lowest BCUT2D eigenvalue weighted by Crippen LogP contribution is -2.39. The molecule has 26 heavy (non-hydrogen) atoms. The summed E-state index contributed by atoms with van der Waals surface area (Å²) in [5, 5.41) is 8.95. The molecule has 0 fully saturated rings. The number of hydrogen-bond donors (Lipinski definition) is 1. The van der Waals surface area contributed by atoms with Gasteiger partial charge in [0.1, 0.15) is 16.9 Å². The Bertz CT molecular complexity index is 958. The van der Waals surface area contributed by atoms with E-state index in [1.165, 1.54) is 36.0 Å². The summed E-state index contributed by atoms with van der Waals surface area (Å²) in [7, 11) is 0. The summed E-state index contributed by atoms with van der Waals surface area (Å²) in [6, 6.07) is 12.6. The van der Waals surface area contributed by atoms with Gasteiger partial charge in [-0.2, -0.15) is 0 Å². The van der Waals surface area contributed by atoms with Crippen molar-refractivity contribution in [2.75, 3.05) is 5.43 Å². The summed E-state index contributed by atoms with van der Waals surface area (Å²) in [5.41, 5.74) is 4.70. The second-order valence-corrected chi connectivity index (χ2v) is 7.48. The number of hydrogen-bond acceptors (Lipinski definition) is 5. The first-order chi connectivity index (χ1) is 12.5. The third kappa shape index (κ3) is 3.08. The maximum absolute atomic E-state index is 13.2. The molecule has 2 atom stereocenters. The first kappa shape index (κ1) is 17.1. The number of nitrogens with zero attached hydrogens (tertiary/aromatic N) is 3. The second-order valence-electron chi connectivity index (χ2n) is 5.93. The Kier molecular flexibility index (Phi) is 4.42. The molecular formula is C18H14ClFN4OS. The molecule has 3 aromatic rings. The molecule has 2 heterocycles. The van der Waals surface area contributed by atoms with Crippen molar-refractivity contribution in [3.63, 3.8) is 0 Å². The molecule has 0 radical (unpaired) electrons. The van der Waals surface area contributed by atoms with Gasteiger partial charge in [0, 0.05) is 10.6 Å². The molecule has 0 bridgehead atoms. The van der Waals surface area contributed by atoms with Crippen LogP contribution in [-0.2, 0) is 0 Å². The number of nitrogens with one attached hydrogen (secondary N) is 1. The highest BCUT2D eigenvalue weighted by atomic mass is 35.5. The van der Waals surface area contributed by atoms with Gasteiger partial charge < -0.3 is 5.43 Å². The van der Waals surface area contributed by atoms with Gasteiger partial charge in [0.15, 0.2) is 5.78 Å². The van der Waals surface area contributed by atoms with Crippen LogP contribution in [0.5, 0.6) is 0 Å². The third-order valence-corrected chi connectivity index (χ3v) is 5.68. The molecule has 0 saturated heterocycles. The van der Waals surface area contributed by atoms with Crippen molar-refractivity contribution in [3.05, 3.63) is 76.3 Å². The quantitative estimate of drug-likeness (QED) is 0.687. The number of benzene rings is 2. The minimum absolute atomic E-state index is 0.102. The minimum Gasteiger partial charge on any atom is -0.313 e. The van der Waals surface area contributed by atoms with Gasteiger partial charge in [0.2, 0.25) is 5.16 Å². The Labute approximate surface area is 158 Å². The Hall–Kier alpha value is -2.38. The highest BCUT2D eigenvalue weighted by Crippen LogP contribution is 2.38. The fourth-order valence-corrected chi connectivity index (χ4v) is 4.19. The van der Waals surface area contributed by atoms with Crippen LogP contribution in [0.4, 0.5) is 4.39 Å². The number of carbonyl (C=O) groups is 1. The first-order valence-electron chi connectivity index (χ1n) is 7.93. The average molecular weight is 389 g/mol. The lowest BCUT2D eigenvalue weighted by atomic mass is 9.97. The number of ketones is 1. The van der Waals surface area contributed by atoms with Crippen LogP contribution in [0, 0.1) is 12.7 Å². The Balaban J connectivity index is 1.74. The predicted molar refractivity (Wildman–Crippen MR) is 98.7 cm³/mol. The number of Topliss-reactive ketones (excluding diaryl/α,β-unsaturated/α-hetero) is 1. The number of carbonyl (C=O) groups excluding carboxylic acids is 1. The molecule has 2 aromatic carbocycles. The Morgan fingerprint density at radius 2 is 1.85 bits per heavy atom. The molecule has 0 spiro atoms. The zero-order valence-electron chi connectivity index (χ0n) is 13.7. The van der Waals surface area contributed by atoms with E-state index in [0.717, 1.165) is 5.56 Å². The van der Waals surface area contributed by atoms with Gasteiger partial charge in [-0.15, -0.1) is 10.2 Å². The lowest BCUT2D eigenvalue weighted by molar-refractivity contribution is 0.0980. The Morgan fingerprint density at radius 3 is 2.54 bits per heavy atom. The Morgan fingerprint density at radius 1 is 1.15 bits per heavy atom. The van der Waals surface area contributed by atoms with Gasteiger partial charge in [-0.05, 0) is 48.9 Å². The van der Waals surface area contributed by atoms with Crippen LogP contribution < -0.4 is 5.43 Å². The summed E-state index contributed by atoms with van der Waals surface area (Å²) in [5.74, 6) is 0.231. The predicted octanol–water partition coefficient (Wildman–Crippen LogP) is 4.02. The molecule has 0 amide bonds. The maximum atomic E-state index is 13.2. The summed E-state index contributed by atoms with van der Waals surface area (Å²) >= 11 is 7.34. The van der Waals surface area contributed by atoms with Crippen LogP contribution in [0.2, 0.25) is 5.02 Å². The largest absolute Gasteiger partial charge is 0.313 e. The third-order valence-electron chi connectivity index (χ3n) is 4.21. The maximum Gasteiger partial charge on any atom is 0.210 e. The molecule has 132 valence electrons. The van der Waals surface area contributed by atoms with Crippen LogP contribution in [0.3, 0.4) is 0 Å². The van der Waals surface area contributed by atoms with Gasteiger partial charge in [-0.3, -0.25) is 4.79 Å². The second kappa shape index (κ2) is 6.74. The van der Waals surface area contributed by atoms with Crippen molar-refractivity contribution in [2.45, 2.75) is 23.4 Å². The molecule has 1 aliphatic heterocycles. The fraction of sp³-hybridized carbons (Fsp3) is 0.167. The monoisotopic (exact) mass is 388 g/mol. The van der Waals surface area contributed by atoms with E-state index in [9.17, 15) is 9.18 Å². The van der Waals surface area contributed by atoms with Gasteiger partial charge in [-0.25, -0.2) is 9.07 Å². The van der Waals surface area contributed by atoms with Crippen LogP contribution in [-0.4, -0.2) is 25.9 Å². The van der Waals surface area contributed by atoms with Crippen LogP contribution >= 0.6 is 23.4 Å². The van der Waals surface area contributed by atoms with E-state index < -0.39 is 5.25 Å². The van der Waals surface area contributed by atoms with Gasteiger partial charge in [0.25, 0.3) is 0 Å². The van der Waals surface area contributed by atoms with E-state index in [0.29, 0.717) is 21.6 Å². The summed E-state index contributed by atoms with van der Waals surface area (Å²) in [6.45, 7) is 1.84. The molecule has 0 saturated carbocycles. The van der Waals surface area contributed by atoms with E-state index in [-0.39, 0.29) is 17.6 Å². The number of aromatic nitrogens is 3. The van der Waals surface area contributed by atoms with Crippen LogP contribution in [0.25, 0.3) is 0 Å². The van der Waals surface area contributed by atoms with E-state index in [4.69, 9.17) is 11.6 Å². The van der Waals surface area contributed by atoms with Gasteiger partial charge >= 0.3 is 0 Å². The summed E-state index contributed by atoms with van der Waals surface area (Å²) in [4.78, 5) is 13.1. The van der Waals surface area contributed by atoms with Crippen LogP contribution in [0.15, 0.2) is 53.7 Å². The molecule has 5 nitrogen and oxygen atoms in total. The minimum atomic E-state index is -0.474. The molecule has 1 aromatic heterocycles. The van der Waals surface area contributed by atoms with Crippen molar-refractivity contribution >= 4 is 29.1 Å². The number of fused-ring (bicyclic) bond motifs is 1. The van der Waals surface area contributed by atoms with Crippen molar-refractivity contribution in [1.82, 2.24) is 14.9 Å². The van der Waals surface area contributed by atoms with Gasteiger partial charge in [-0.1, -0.05) is 35.5 Å².